The Balaban J connectivity index is 2.37. The molecule has 0 aromatic carbocycles. The van der Waals surface area contributed by atoms with Crippen LogP contribution in [0.2, 0.25) is 0 Å². The SMILES string of the molecule is CCCCCCC1=CC=C(CCCCCC)S1(=O)=O. The lowest BCUT2D eigenvalue weighted by Crippen LogP contribution is -2.04. The smallest absolute Gasteiger partial charge is 0.198 e. The Kier molecular flexibility index (Phi) is 7.44. The van der Waals surface area contributed by atoms with Gasteiger partial charge in [0.15, 0.2) is 9.84 Å². The number of sulfone groups is 1. The van der Waals surface area contributed by atoms with Crippen molar-refractivity contribution in [3.8, 4) is 0 Å². The summed E-state index contributed by atoms with van der Waals surface area (Å²) < 4.78 is 24.6. The summed E-state index contributed by atoms with van der Waals surface area (Å²) in [5.74, 6) is 0. The zero-order valence-electron chi connectivity index (χ0n) is 12.5. The second kappa shape index (κ2) is 8.57. The number of unbranched alkanes of at least 4 members (excludes halogenated alkanes) is 6. The minimum Gasteiger partial charge on any atom is -0.219 e. The van der Waals surface area contributed by atoms with Gasteiger partial charge in [-0.25, -0.2) is 8.42 Å². The Morgan fingerprint density at radius 2 is 1.16 bits per heavy atom. The van der Waals surface area contributed by atoms with Crippen LogP contribution in [0.4, 0.5) is 0 Å². The second-order valence-electron chi connectivity index (χ2n) is 5.39. The molecule has 0 aromatic rings. The van der Waals surface area contributed by atoms with Gasteiger partial charge in [-0.15, -0.1) is 0 Å². The highest BCUT2D eigenvalue weighted by Crippen LogP contribution is 2.31. The summed E-state index contributed by atoms with van der Waals surface area (Å²) in [6, 6.07) is 0. The third kappa shape index (κ3) is 5.13. The van der Waals surface area contributed by atoms with E-state index in [9.17, 15) is 8.42 Å². The minimum atomic E-state index is -3.08. The van der Waals surface area contributed by atoms with Crippen LogP contribution < -0.4 is 0 Å². The molecular formula is C16H28O2S. The summed E-state index contributed by atoms with van der Waals surface area (Å²) in [5, 5.41) is 0. The molecule has 0 atom stereocenters. The minimum absolute atomic E-state index is 0.647. The topological polar surface area (TPSA) is 34.1 Å². The van der Waals surface area contributed by atoms with Crippen molar-refractivity contribution in [3.63, 3.8) is 0 Å². The monoisotopic (exact) mass is 284 g/mol. The molecule has 3 heteroatoms. The Morgan fingerprint density at radius 1 is 0.737 bits per heavy atom. The molecule has 0 unspecified atom stereocenters. The Bertz CT molecular complexity index is 382. The van der Waals surface area contributed by atoms with E-state index < -0.39 is 9.84 Å². The van der Waals surface area contributed by atoms with Crippen molar-refractivity contribution >= 4 is 9.84 Å². The zero-order valence-corrected chi connectivity index (χ0v) is 13.3. The maximum absolute atomic E-state index is 12.3. The summed E-state index contributed by atoms with van der Waals surface area (Å²) >= 11 is 0. The largest absolute Gasteiger partial charge is 0.219 e. The van der Waals surface area contributed by atoms with Gasteiger partial charge in [0.1, 0.15) is 0 Å². The highest BCUT2D eigenvalue weighted by Gasteiger charge is 2.25. The van der Waals surface area contributed by atoms with Crippen molar-refractivity contribution in [1.82, 2.24) is 0 Å². The maximum Gasteiger partial charge on any atom is 0.198 e. The first-order valence-electron chi connectivity index (χ1n) is 7.77. The normalized spacial score (nSPS) is 17.4. The molecule has 0 radical (unpaired) electrons. The first-order valence-corrected chi connectivity index (χ1v) is 9.26. The number of allylic oxidation sites excluding steroid dienone is 4. The van der Waals surface area contributed by atoms with Crippen LogP contribution in [0.1, 0.15) is 78.1 Å². The molecule has 0 saturated heterocycles. The van der Waals surface area contributed by atoms with Crippen molar-refractivity contribution < 1.29 is 8.42 Å². The third-order valence-corrected chi connectivity index (χ3v) is 5.76. The quantitative estimate of drug-likeness (QED) is 0.521. The summed E-state index contributed by atoms with van der Waals surface area (Å²) in [7, 11) is -3.08. The van der Waals surface area contributed by atoms with Crippen LogP contribution in [-0.2, 0) is 9.84 Å². The predicted molar refractivity (Wildman–Crippen MR) is 82.6 cm³/mol. The maximum atomic E-state index is 12.3. The molecule has 1 aliphatic heterocycles. The Hall–Kier alpha value is -0.570. The molecule has 0 aromatic heterocycles. The van der Waals surface area contributed by atoms with E-state index in [-0.39, 0.29) is 0 Å². The fourth-order valence-corrected chi connectivity index (χ4v) is 4.08. The zero-order chi connectivity index (χ0) is 14.1. The average Bonchev–Trinajstić information content (AvgIpc) is 2.66. The van der Waals surface area contributed by atoms with Gasteiger partial charge in [0.05, 0.1) is 0 Å². The fraction of sp³-hybridized carbons (Fsp3) is 0.750. The standard InChI is InChI=1S/C16H28O2S/c1-3-5-7-9-11-15-13-14-16(19(15,17)18)12-10-8-6-4-2/h13-14H,3-12H2,1-2H3. The van der Waals surface area contributed by atoms with E-state index in [0.717, 1.165) is 38.5 Å². The lowest BCUT2D eigenvalue weighted by Gasteiger charge is -2.07. The molecule has 1 aliphatic rings. The van der Waals surface area contributed by atoms with Gasteiger partial charge in [-0.2, -0.15) is 0 Å². The molecular weight excluding hydrogens is 256 g/mol. The highest BCUT2D eigenvalue weighted by molar-refractivity contribution is 7.99. The van der Waals surface area contributed by atoms with Gasteiger partial charge in [0.2, 0.25) is 0 Å². The molecule has 19 heavy (non-hydrogen) atoms. The van der Waals surface area contributed by atoms with Crippen molar-refractivity contribution in [3.05, 3.63) is 22.0 Å². The lowest BCUT2D eigenvalue weighted by molar-refractivity contribution is 0.598. The van der Waals surface area contributed by atoms with Gasteiger partial charge in [-0.3, -0.25) is 0 Å². The van der Waals surface area contributed by atoms with E-state index in [4.69, 9.17) is 0 Å². The summed E-state index contributed by atoms with van der Waals surface area (Å²) in [5.41, 5.74) is 0. The molecule has 0 aliphatic carbocycles. The molecule has 0 saturated carbocycles. The van der Waals surface area contributed by atoms with E-state index in [1.54, 1.807) is 0 Å². The van der Waals surface area contributed by atoms with Crippen molar-refractivity contribution in [2.45, 2.75) is 78.1 Å². The third-order valence-electron chi connectivity index (χ3n) is 3.70. The molecule has 0 amide bonds. The predicted octanol–water partition coefficient (Wildman–Crippen LogP) is 5.12. The first kappa shape index (κ1) is 16.5. The summed E-state index contributed by atoms with van der Waals surface area (Å²) in [6.45, 7) is 4.34. The first-order chi connectivity index (χ1) is 9.12. The fourth-order valence-electron chi connectivity index (χ4n) is 2.42. The van der Waals surface area contributed by atoms with Crippen molar-refractivity contribution in [2.75, 3.05) is 0 Å². The van der Waals surface area contributed by atoms with Crippen LogP contribution in [0.3, 0.4) is 0 Å². The van der Waals surface area contributed by atoms with Crippen LogP contribution in [0.25, 0.3) is 0 Å². The molecule has 0 spiro atoms. The number of hydrogen-bond acceptors (Lipinski definition) is 2. The van der Waals surface area contributed by atoms with Crippen LogP contribution >= 0.6 is 0 Å². The molecule has 2 nitrogen and oxygen atoms in total. The Morgan fingerprint density at radius 3 is 1.53 bits per heavy atom. The van der Waals surface area contributed by atoms with E-state index in [0.29, 0.717) is 9.81 Å². The van der Waals surface area contributed by atoms with E-state index in [2.05, 4.69) is 13.8 Å². The lowest BCUT2D eigenvalue weighted by atomic mass is 10.1. The van der Waals surface area contributed by atoms with Gasteiger partial charge in [0, 0.05) is 9.81 Å². The molecule has 1 rings (SSSR count). The number of hydrogen-bond donors (Lipinski definition) is 0. The second-order valence-corrected chi connectivity index (χ2v) is 7.45. The molecule has 0 N–H and O–H groups in total. The van der Waals surface area contributed by atoms with Gasteiger partial charge in [-0.05, 0) is 37.8 Å². The van der Waals surface area contributed by atoms with E-state index in [1.807, 2.05) is 12.2 Å². The van der Waals surface area contributed by atoms with Crippen LogP contribution in [0.5, 0.6) is 0 Å². The van der Waals surface area contributed by atoms with Gasteiger partial charge in [0.25, 0.3) is 0 Å². The summed E-state index contributed by atoms with van der Waals surface area (Å²) in [4.78, 5) is 1.29. The number of rotatable bonds is 10. The molecule has 1 heterocycles. The van der Waals surface area contributed by atoms with Crippen LogP contribution in [0.15, 0.2) is 22.0 Å². The molecule has 0 fully saturated rings. The van der Waals surface area contributed by atoms with Crippen LogP contribution in [-0.4, -0.2) is 8.42 Å². The summed E-state index contributed by atoms with van der Waals surface area (Å²) in [6.07, 6.45) is 14.1. The Labute approximate surface area is 118 Å². The van der Waals surface area contributed by atoms with Gasteiger partial charge < -0.3 is 0 Å². The molecule has 110 valence electrons. The van der Waals surface area contributed by atoms with E-state index >= 15 is 0 Å². The van der Waals surface area contributed by atoms with Gasteiger partial charge in [-0.1, -0.05) is 52.4 Å². The van der Waals surface area contributed by atoms with Gasteiger partial charge >= 0.3 is 0 Å². The average molecular weight is 284 g/mol. The van der Waals surface area contributed by atoms with Crippen LogP contribution in [0, 0.1) is 0 Å². The van der Waals surface area contributed by atoms with Crippen molar-refractivity contribution in [2.24, 2.45) is 0 Å². The molecule has 0 bridgehead atoms. The van der Waals surface area contributed by atoms with E-state index in [1.165, 1.54) is 25.7 Å². The van der Waals surface area contributed by atoms with Crippen molar-refractivity contribution in [1.29, 1.82) is 0 Å². The highest BCUT2D eigenvalue weighted by atomic mass is 32.2.